The molecule has 0 spiro atoms. The number of benzene rings is 2. The average molecular weight is 547 g/mol. The van der Waals surface area contributed by atoms with E-state index in [1.165, 1.54) is 12.1 Å². The van der Waals surface area contributed by atoms with E-state index in [9.17, 15) is 18.0 Å². The number of unbranched alkanes of at least 4 members (excludes halogenated alkanes) is 1. The van der Waals surface area contributed by atoms with Gasteiger partial charge in [0.15, 0.2) is 0 Å². The van der Waals surface area contributed by atoms with Gasteiger partial charge in [-0.1, -0.05) is 37.6 Å². The number of halogens is 3. The van der Waals surface area contributed by atoms with Crippen molar-refractivity contribution in [3.63, 3.8) is 0 Å². The summed E-state index contributed by atoms with van der Waals surface area (Å²) in [5.74, 6) is 0.929. The Morgan fingerprint density at radius 1 is 1.00 bits per heavy atom. The minimum atomic E-state index is -4.37. The van der Waals surface area contributed by atoms with Crippen LogP contribution in [0.1, 0.15) is 43.7 Å². The van der Waals surface area contributed by atoms with Crippen molar-refractivity contribution in [3.05, 3.63) is 59.7 Å². The summed E-state index contributed by atoms with van der Waals surface area (Å²) >= 11 is 0. The SMILES string of the molecule is CCCCNCC1(c2cccc(C(F)(F)F)c2)CCN(C(=O)CN2CCN(c3cccc(OC)c3)CC2)CC1. The summed E-state index contributed by atoms with van der Waals surface area (Å²) in [6, 6.07) is 13.8. The molecule has 0 saturated carbocycles. The van der Waals surface area contributed by atoms with Crippen molar-refractivity contribution >= 4 is 11.6 Å². The van der Waals surface area contributed by atoms with Gasteiger partial charge in [-0.3, -0.25) is 9.69 Å². The van der Waals surface area contributed by atoms with E-state index < -0.39 is 17.2 Å². The lowest BCUT2D eigenvalue weighted by molar-refractivity contribution is -0.137. The van der Waals surface area contributed by atoms with E-state index in [1.807, 2.05) is 29.2 Å². The Balaban J connectivity index is 1.34. The van der Waals surface area contributed by atoms with Gasteiger partial charge < -0.3 is 19.9 Å². The van der Waals surface area contributed by atoms with E-state index in [2.05, 4.69) is 28.1 Å². The second kappa shape index (κ2) is 13.0. The smallest absolute Gasteiger partial charge is 0.416 e. The summed E-state index contributed by atoms with van der Waals surface area (Å²) in [5, 5.41) is 3.48. The Kier molecular flexibility index (Phi) is 9.77. The molecular weight excluding hydrogens is 505 g/mol. The molecule has 2 aromatic carbocycles. The van der Waals surface area contributed by atoms with Crippen molar-refractivity contribution < 1.29 is 22.7 Å². The molecule has 1 N–H and O–H groups in total. The molecule has 9 heteroatoms. The highest BCUT2D eigenvalue weighted by atomic mass is 19.4. The number of alkyl halides is 3. The molecule has 2 aliphatic rings. The maximum Gasteiger partial charge on any atom is 0.416 e. The van der Waals surface area contributed by atoms with Crippen molar-refractivity contribution in [1.29, 1.82) is 0 Å². The fraction of sp³-hybridized carbons (Fsp3) is 0.567. The van der Waals surface area contributed by atoms with Crippen LogP contribution in [-0.2, 0) is 16.4 Å². The zero-order chi connectivity index (χ0) is 27.9. The third-order valence-electron chi connectivity index (χ3n) is 8.20. The van der Waals surface area contributed by atoms with E-state index >= 15 is 0 Å². The number of rotatable bonds is 10. The lowest BCUT2D eigenvalue weighted by Crippen LogP contribution is -2.53. The van der Waals surface area contributed by atoms with Gasteiger partial charge in [0.05, 0.1) is 19.2 Å². The molecule has 0 aliphatic carbocycles. The highest BCUT2D eigenvalue weighted by Crippen LogP contribution is 2.38. The van der Waals surface area contributed by atoms with Crippen LogP contribution in [0.5, 0.6) is 5.75 Å². The number of methoxy groups -OCH3 is 1. The molecule has 1 amide bonds. The predicted molar refractivity (Wildman–Crippen MR) is 148 cm³/mol. The lowest BCUT2D eigenvalue weighted by Gasteiger charge is -2.43. The lowest BCUT2D eigenvalue weighted by atomic mass is 9.72. The summed E-state index contributed by atoms with van der Waals surface area (Å²) in [5.41, 5.74) is 0.796. The van der Waals surface area contributed by atoms with Gasteiger partial charge in [-0.15, -0.1) is 0 Å². The Bertz CT molecular complexity index is 1080. The first-order chi connectivity index (χ1) is 18.7. The number of nitrogens with one attached hydrogen (secondary N) is 1. The number of carbonyl (C=O) groups excluding carboxylic acids is 1. The number of anilines is 1. The van der Waals surface area contributed by atoms with Crippen LogP contribution in [-0.4, -0.2) is 81.7 Å². The van der Waals surface area contributed by atoms with E-state index in [0.717, 1.165) is 63.1 Å². The molecule has 0 radical (unpaired) electrons. The number of piperazine rings is 1. The molecule has 2 fully saturated rings. The van der Waals surface area contributed by atoms with Crippen molar-refractivity contribution in [2.45, 2.75) is 44.2 Å². The number of piperidine rings is 1. The summed E-state index contributed by atoms with van der Waals surface area (Å²) in [6.45, 7) is 8.31. The number of amides is 1. The average Bonchev–Trinajstić information content (AvgIpc) is 2.95. The van der Waals surface area contributed by atoms with Crippen LogP contribution in [0.15, 0.2) is 48.5 Å². The predicted octanol–water partition coefficient (Wildman–Crippen LogP) is 4.79. The third-order valence-corrected chi connectivity index (χ3v) is 8.20. The number of nitrogens with zero attached hydrogens (tertiary/aromatic N) is 3. The second-order valence-electron chi connectivity index (χ2n) is 10.7. The molecule has 4 rings (SSSR count). The molecule has 0 aromatic heterocycles. The minimum Gasteiger partial charge on any atom is -0.497 e. The molecule has 0 unspecified atom stereocenters. The molecular formula is C30H41F3N4O2. The van der Waals surface area contributed by atoms with Crippen LogP contribution in [0, 0.1) is 0 Å². The van der Waals surface area contributed by atoms with Crippen molar-refractivity contribution in [2.24, 2.45) is 0 Å². The summed E-state index contributed by atoms with van der Waals surface area (Å²) in [7, 11) is 1.66. The topological polar surface area (TPSA) is 48.1 Å². The van der Waals surface area contributed by atoms with E-state index in [0.29, 0.717) is 44.6 Å². The fourth-order valence-corrected chi connectivity index (χ4v) is 5.67. The monoisotopic (exact) mass is 546 g/mol. The number of carbonyl (C=O) groups is 1. The number of ether oxygens (including phenoxy) is 1. The second-order valence-corrected chi connectivity index (χ2v) is 10.7. The van der Waals surface area contributed by atoms with Crippen molar-refractivity contribution in [1.82, 2.24) is 15.1 Å². The number of hydrogen-bond acceptors (Lipinski definition) is 5. The van der Waals surface area contributed by atoms with Gasteiger partial charge in [0.2, 0.25) is 5.91 Å². The highest BCUT2D eigenvalue weighted by Gasteiger charge is 2.39. The summed E-state index contributed by atoms with van der Waals surface area (Å²) in [4.78, 5) is 19.6. The maximum atomic E-state index is 13.5. The Labute approximate surface area is 230 Å². The minimum absolute atomic E-state index is 0.0985. The fourth-order valence-electron chi connectivity index (χ4n) is 5.67. The van der Waals surface area contributed by atoms with Gasteiger partial charge in [0.1, 0.15) is 5.75 Å². The number of hydrogen-bond donors (Lipinski definition) is 1. The number of likely N-dealkylation sites (tertiary alicyclic amines) is 1. The van der Waals surface area contributed by atoms with E-state index in [1.54, 1.807) is 7.11 Å². The van der Waals surface area contributed by atoms with Crippen LogP contribution in [0.4, 0.5) is 18.9 Å². The van der Waals surface area contributed by atoms with Gasteiger partial charge in [-0.2, -0.15) is 13.2 Å². The van der Waals surface area contributed by atoms with Gasteiger partial charge in [-0.25, -0.2) is 0 Å². The van der Waals surface area contributed by atoms with Crippen molar-refractivity contribution in [2.75, 3.05) is 70.9 Å². The summed E-state index contributed by atoms with van der Waals surface area (Å²) in [6.07, 6.45) is -1.01. The molecule has 0 atom stereocenters. The van der Waals surface area contributed by atoms with Crippen LogP contribution in [0.2, 0.25) is 0 Å². The van der Waals surface area contributed by atoms with Crippen LogP contribution in [0.3, 0.4) is 0 Å². The van der Waals surface area contributed by atoms with Gasteiger partial charge in [-0.05, 0) is 49.6 Å². The van der Waals surface area contributed by atoms with E-state index in [-0.39, 0.29) is 5.91 Å². The Morgan fingerprint density at radius 3 is 2.38 bits per heavy atom. The first-order valence-electron chi connectivity index (χ1n) is 14.0. The van der Waals surface area contributed by atoms with Gasteiger partial charge >= 0.3 is 6.18 Å². The molecule has 214 valence electrons. The van der Waals surface area contributed by atoms with Crippen LogP contribution in [0.25, 0.3) is 0 Å². The van der Waals surface area contributed by atoms with Crippen LogP contribution >= 0.6 is 0 Å². The largest absolute Gasteiger partial charge is 0.497 e. The normalized spacial score (nSPS) is 18.3. The highest BCUT2D eigenvalue weighted by molar-refractivity contribution is 5.78. The molecule has 39 heavy (non-hydrogen) atoms. The summed E-state index contributed by atoms with van der Waals surface area (Å²) < 4.78 is 45.8. The zero-order valence-corrected chi connectivity index (χ0v) is 23.1. The first-order valence-corrected chi connectivity index (χ1v) is 14.0. The molecule has 0 bridgehead atoms. The van der Waals surface area contributed by atoms with Gasteiger partial charge in [0.25, 0.3) is 0 Å². The standard InChI is InChI=1S/C30H41F3N4O2/c1-3-4-13-34-23-29(24-7-5-8-25(20-24)30(31,32)33)11-14-37(15-12-29)28(38)22-35-16-18-36(19-17-35)26-9-6-10-27(21-26)39-2/h5-10,20-21,34H,3-4,11-19,22-23H2,1-2H3. The van der Waals surface area contributed by atoms with Gasteiger partial charge in [0, 0.05) is 63.0 Å². The van der Waals surface area contributed by atoms with Crippen molar-refractivity contribution in [3.8, 4) is 5.75 Å². The molecule has 2 heterocycles. The quantitative estimate of drug-likeness (QED) is 0.435. The van der Waals surface area contributed by atoms with Crippen LogP contribution < -0.4 is 15.0 Å². The molecule has 2 aliphatic heterocycles. The third kappa shape index (κ3) is 7.45. The molecule has 2 aromatic rings. The molecule has 6 nitrogen and oxygen atoms in total. The zero-order valence-electron chi connectivity index (χ0n) is 23.1. The Hall–Kier alpha value is -2.78. The molecule has 2 saturated heterocycles. The van der Waals surface area contributed by atoms with E-state index in [4.69, 9.17) is 4.74 Å². The first kappa shape index (κ1) is 29.2. The Morgan fingerprint density at radius 2 is 1.72 bits per heavy atom. The maximum absolute atomic E-state index is 13.5.